The van der Waals surface area contributed by atoms with E-state index in [-0.39, 0.29) is 12.9 Å². The summed E-state index contributed by atoms with van der Waals surface area (Å²) in [6.07, 6.45) is 5.38. The van der Waals surface area contributed by atoms with Gasteiger partial charge >= 0.3 is 0 Å². The third kappa shape index (κ3) is 5.93. The molecule has 6 heteroatoms. The molecule has 0 bridgehead atoms. The van der Waals surface area contributed by atoms with E-state index in [0.717, 1.165) is 44.6 Å². The molecule has 2 atom stereocenters. The van der Waals surface area contributed by atoms with Crippen molar-refractivity contribution in [3.8, 4) is 5.75 Å². The first-order valence-electron chi connectivity index (χ1n) is 9.60. The maximum atomic E-state index is 5.82. The summed E-state index contributed by atoms with van der Waals surface area (Å²) in [4.78, 5) is 0. The van der Waals surface area contributed by atoms with Crippen LogP contribution >= 0.6 is 0 Å². The van der Waals surface area contributed by atoms with Crippen LogP contribution in [0.1, 0.15) is 37.2 Å². The number of ether oxygens (including phenoxy) is 6. The zero-order valence-electron chi connectivity index (χ0n) is 15.1. The normalized spacial score (nSPS) is 30.2. The summed E-state index contributed by atoms with van der Waals surface area (Å²) in [6, 6.07) is 8.40. The van der Waals surface area contributed by atoms with Gasteiger partial charge < -0.3 is 28.4 Å². The van der Waals surface area contributed by atoms with E-state index in [4.69, 9.17) is 28.4 Å². The number of rotatable bonds is 11. The molecule has 3 fully saturated rings. The van der Waals surface area contributed by atoms with Crippen molar-refractivity contribution in [2.24, 2.45) is 0 Å². The second-order valence-electron chi connectivity index (χ2n) is 7.24. The maximum Gasteiger partial charge on any atom is 0.189 e. The average Bonchev–Trinajstić information content (AvgIpc) is 3.59. The molecule has 1 aromatic rings. The average molecular weight is 364 g/mol. The van der Waals surface area contributed by atoms with Gasteiger partial charge in [0.2, 0.25) is 0 Å². The highest BCUT2D eigenvalue weighted by atomic mass is 16.7. The van der Waals surface area contributed by atoms with Crippen LogP contribution in [0.3, 0.4) is 0 Å². The molecule has 144 valence electrons. The van der Waals surface area contributed by atoms with E-state index in [9.17, 15) is 0 Å². The third-order valence-corrected chi connectivity index (χ3v) is 5.13. The molecule has 1 saturated carbocycles. The smallest absolute Gasteiger partial charge is 0.189 e. The Hall–Kier alpha value is -1.18. The second-order valence-corrected chi connectivity index (χ2v) is 7.24. The first kappa shape index (κ1) is 18.2. The van der Waals surface area contributed by atoms with Crippen molar-refractivity contribution in [1.29, 1.82) is 0 Å². The summed E-state index contributed by atoms with van der Waals surface area (Å²) in [5, 5.41) is 0. The van der Waals surface area contributed by atoms with Gasteiger partial charge in [0, 0.05) is 0 Å². The maximum absolute atomic E-state index is 5.82. The molecular weight excluding hydrogens is 336 g/mol. The molecule has 26 heavy (non-hydrogen) atoms. The van der Waals surface area contributed by atoms with E-state index in [0.29, 0.717) is 38.1 Å². The minimum Gasteiger partial charge on any atom is -0.468 e. The summed E-state index contributed by atoms with van der Waals surface area (Å²) in [7, 11) is 0. The fourth-order valence-corrected chi connectivity index (χ4v) is 3.34. The summed E-state index contributed by atoms with van der Waals surface area (Å²) in [5.74, 6) is 1.45. The van der Waals surface area contributed by atoms with Crippen molar-refractivity contribution in [2.45, 2.75) is 49.9 Å². The molecule has 2 saturated heterocycles. The highest BCUT2D eigenvalue weighted by Gasteiger charge is 2.25. The van der Waals surface area contributed by atoms with Crippen molar-refractivity contribution in [2.75, 3.05) is 40.0 Å². The first-order valence-corrected chi connectivity index (χ1v) is 9.60. The molecule has 4 rings (SSSR count). The van der Waals surface area contributed by atoms with Gasteiger partial charge in [-0.2, -0.15) is 0 Å². The fourth-order valence-electron chi connectivity index (χ4n) is 3.34. The molecular formula is C20H28O6. The zero-order valence-corrected chi connectivity index (χ0v) is 15.1. The molecule has 6 nitrogen and oxygen atoms in total. The molecule has 0 spiro atoms. The molecule has 3 aliphatic rings. The summed E-state index contributed by atoms with van der Waals surface area (Å²) in [6.45, 7) is 3.57. The molecule has 0 amide bonds. The molecule has 0 radical (unpaired) electrons. The van der Waals surface area contributed by atoms with Crippen LogP contribution in [0.2, 0.25) is 0 Å². The van der Waals surface area contributed by atoms with Crippen molar-refractivity contribution >= 4 is 0 Å². The van der Waals surface area contributed by atoms with Crippen LogP contribution in [0.15, 0.2) is 24.3 Å². The van der Waals surface area contributed by atoms with Gasteiger partial charge in [-0.05, 0) is 49.3 Å². The monoisotopic (exact) mass is 364 g/mol. The lowest BCUT2D eigenvalue weighted by molar-refractivity contribution is -0.102. The number of hydrogen-bond donors (Lipinski definition) is 0. The minimum absolute atomic E-state index is 0.274. The largest absolute Gasteiger partial charge is 0.468 e. The first-order chi connectivity index (χ1) is 12.9. The van der Waals surface area contributed by atoms with Crippen LogP contribution in [0, 0.1) is 0 Å². The number of hydrogen-bond acceptors (Lipinski definition) is 6. The van der Waals surface area contributed by atoms with Gasteiger partial charge in [-0.25, -0.2) is 0 Å². The summed E-state index contributed by atoms with van der Waals surface area (Å²) >= 11 is 0. The lowest BCUT2D eigenvalue weighted by Crippen LogP contribution is -2.22. The zero-order chi connectivity index (χ0) is 17.6. The highest BCUT2D eigenvalue weighted by molar-refractivity contribution is 5.29. The van der Waals surface area contributed by atoms with Crippen molar-refractivity contribution in [3.63, 3.8) is 0 Å². The van der Waals surface area contributed by atoms with Gasteiger partial charge in [-0.3, -0.25) is 0 Å². The Morgan fingerprint density at radius 3 is 2.04 bits per heavy atom. The van der Waals surface area contributed by atoms with E-state index in [1.165, 1.54) is 5.56 Å². The third-order valence-electron chi connectivity index (χ3n) is 5.13. The van der Waals surface area contributed by atoms with Crippen LogP contribution < -0.4 is 4.74 Å². The van der Waals surface area contributed by atoms with Crippen LogP contribution in [0.4, 0.5) is 0 Å². The van der Waals surface area contributed by atoms with Crippen LogP contribution in [-0.4, -0.2) is 58.3 Å². The van der Waals surface area contributed by atoms with E-state index >= 15 is 0 Å². The SMILES string of the molecule is c1cc(C2CCC(OCOCC3CO3)CC2)ccc1OCOCC1CO1. The Kier molecular flexibility index (Phi) is 6.40. The summed E-state index contributed by atoms with van der Waals surface area (Å²) in [5.41, 5.74) is 1.38. The van der Waals surface area contributed by atoms with Gasteiger partial charge in [0.1, 0.15) is 24.8 Å². The quantitative estimate of drug-likeness (QED) is 0.342. The predicted octanol–water partition coefficient (Wildman–Crippen LogP) is 2.85. The molecule has 0 N–H and O–H groups in total. The molecule has 1 aliphatic carbocycles. The summed E-state index contributed by atoms with van der Waals surface area (Å²) < 4.78 is 32.5. The highest BCUT2D eigenvalue weighted by Crippen LogP contribution is 2.34. The van der Waals surface area contributed by atoms with Crippen LogP contribution in [-0.2, 0) is 23.7 Å². The van der Waals surface area contributed by atoms with Gasteiger partial charge in [-0.15, -0.1) is 0 Å². The topological polar surface area (TPSA) is 62.0 Å². The molecule has 1 aromatic carbocycles. The standard InChI is InChI=1S/C20H28O6/c1-5-17(25-13-21-9-19-11-23-19)6-2-15(1)16-3-7-18(8-4-16)26-14-22-10-20-12-24-20/h1-2,5-6,16,18-20H,3-4,7-14H2. The van der Waals surface area contributed by atoms with Gasteiger partial charge in [0.15, 0.2) is 6.79 Å². The van der Waals surface area contributed by atoms with E-state index in [1.54, 1.807) is 0 Å². The molecule has 2 heterocycles. The van der Waals surface area contributed by atoms with E-state index in [1.807, 2.05) is 12.1 Å². The van der Waals surface area contributed by atoms with E-state index < -0.39 is 0 Å². The Labute approximate surface area is 154 Å². The lowest BCUT2D eigenvalue weighted by Gasteiger charge is -2.28. The van der Waals surface area contributed by atoms with Crippen molar-refractivity contribution < 1.29 is 28.4 Å². The fraction of sp³-hybridized carbons (Fsp3) is 0.700. The van der Waals surface area contributed by atoms with Crippen molar-refractivity contribution in [1.82, 2.24) is 0 Å². The Morgan fingerprint density at radius 2 is 1.42 bits per heavy atom. The van der Waals surface area contributed by atoms with Gasteiger partial charge in [0.05, 0.1) is 32.5 Å². The van der Waals surface area contributed by atoms with Gasteiger partial charge in [0.25, 0.3) is 0 Å². The minimum atomic E-state index is 0.274. The van der Waals surface area contributed by atoms with Gasteiger partial charge in [-0.1, -0.05) is 12.1 Å². The van der Waals surface area contributed by atoms with Crippen LogP contribution in [0.25, 0.3) is 0 Å². The second kappa shape index (κ2) is 9.15. The number of epoxide rings is 2. The van der Waals surface area contributed by atoms with E-state index in [2.05, 4.69) is 12.1 Å². The molecule has 2 unspecified atom stereocenters. The Morgan fingerprint density at radius 1 is 0.808 bits per heavy atom. The Bertz CT molecular complexity index is 532. The van der Waals surface area contributed by atoms with Crippen LogP contribution in [0.5, 0.6) is 5.75 Å². The predicted molar refractivity (Wildman–Crippen MR) is 94.3 cm³/mol. The molecule has 2 aliphatic heterocycles. The Balaban J connectivity index is 1.11. The lowest BCUT2D eigenvalue weighted by atomic mass is 9.83. The number of benzene rings is 1. The molecule has 0 aromatic heterocycles. The van der Waals surface area contributed by atoms with Crippen molar-refractivity contribution in [3.05, 3.63) is 29.8 Å².